The van der Waals surface area contributed by atoms with E-state index in [-0.39, 0.29) is 5.91 Å². The number of aromatic nitrogens is 5. The Labute approximate surface area is 118 Å². The van der Waals surface area contributed by atoms with Crippen LogP contribution in [0.3, 0.4) is 0 Å². The van der Waals surface area contributed by atoms with Crippen molar-refractivity contribution in [1.29, 1.82) is 0 Å². The average molecular weight is 291 g/mol. The third-order valence-electron chi connectivity index (χ3n) is 2.82. The molecule has 2 heterocycles. The Morgan fingerprint density at radius 2 is 2.30 bits per heavy atom. The Hall–Kier alpha value is -2.41. The molecule has 0 saturated carbocycles. The molecule has 8 heteroatoms. The second kappa shape index (κ2) is 5.30. The summed E-state index contributed by atoms with van der Waals surface area (Å²) in [6.45, 7) is 0.892. The van der Waals surface area contributed by atoms with E-state index < -0.39 is 0 Å². The number of hydrogen-bond donors (Lipinski definition) is 2. The normalized spacial score (nSPS) is 10.8. The molecule has 2 N–H and O–H groups in total. The highest BCUT2D eigenvalue weighted by atomic mass is 35.5. The van der Waals surface area contributed by atoms with Crippen molar-refractivity contribution in [2.24, 2.45) is 0 Å². The van der Waals surface area contributed by atoms with Crippen LogP contribution in [0.1, 0.15) is 10.5 Å². The molecule has 0 aliphatic heterocycles. The van der Waals surface area contributed by atoms with E-state index in [1.807, 2.05) is 12.1 Å². The van der Waals surface area contributed by atoms with Crippen molar-refractivity contribution in [3.63, 3.8) is 0 Å². The molecule has 2 aromatic heterocycles. The van der Waals surface area contributed by atoms with Crippen molar-refractivity contribution in [3.05, 3.63) is 41.3 Å². The highest BCUT2D eigenvalue weighted by Gasteiger charge is 2.09. The van der Waals surface area contributed by atoms with E-state index >= 15 is 0 Å². The summed E-state index contributed by atoms with van der Waals surface area (Å²) in [4.78, 5) is 16.4. The van der Waals surface area contributed by atoms with Crippen molar-refractivity contribution < 1.29 is 4.79 Å². The number of nitrogens with one attached hydrogen (secondary N) is 2. The lowest BCUT2D eigenvalue weighted by Crippen LogP contribution is -2.28. The molecule has 0 fully saturated rings. The summed E-state index contributed by atoms with van der Waals surface area (Å²) in [6.07, 6.45) is 1.35. The fourth-order valence-electron chi connectivity index (χ4n) is 1.88. The smallest absolute Gasteiger partial charge is 0.267 e. The van der Waals surface area contributed by atoms with Crippen LogP contribution < -0.4 is 5.32 Å². The summed E-state index contributed by atoms with van der Waals surface area (Å²) in [5.41, 5.74) is 1.37. The largest absolute Gasteiger partial charge is 0.351 e. The van der Waals surface area contributed by atoms with Crippen LogP contribution in [-0.2, 0) is 6.54 Å². The Morgan fingerprint density at radius 1 is 1.40 bits per heavy atom. The maximum atomic E-state index is 12.0. The third kappa shape index (κ3) is 2.62. The number of hydrogen-bond acceptors (Lipinski definition) is 4. The lowest BCUT2D eigenvalue weighted by atomic mass is 10.2. The van der Waals surface area contributed by atoms with Crippen molar-refractivity contribution in [2.75, 3.05) is 6.54 Å². The van der Waals surface area contributed by atoms with E-state index in [1.165, 1.54) is 11.1 Å². The van der Waals surface area contributed by atoms with Gasteiger partial charge in [0, 0.05) is 22.5 Å². The van der Waals surface area contributed by atoms with E-state index in [1.54, 1.807) is 12.1 Å². The highest BCUT2D eigenvalue weighted by molar-refractivity contribution is 6.31. The van der Waals surface area contributed by atoms with Crippen molar-refractivity contribution in [2.45, 2.75) is 6.54 Å². The fourth-order valence-corrected chi connectivity index (χ4v) is 2.06. The summed E-state index contributed by atoms with van der Waals surface area (Å²) >= 11 is 5.91. The number of halogens is 1. The fraction of sp³-hybridized carbons (Fsp3) is 0.167. The van der Waals surface area contributed by atoms with Crippen LogP contribution in [-0.4, -0.2) is 37.6 Å². The Morgan fingerprint density at radius 3 is 3.10 bits per heavy atom. The number of carbonyl (C=O) groups excluding carboxylic acids is 1. The quantitative estimate of drug-likeness (QED) is 0.756. The molecule has 0 radical (unpaired) electrons. The van der Waals surface area contributed by atoms with Crippen LogP contribution >= 0.6 is 11.6 Å². The van der Waals surface area contributed by atoms with Gasteiger partial charge >= 0.3 is 0 Å². The maximum absolute atomic E-state index is 12.0. The zero-order valence-electron chi connectivity index (χ0n) is 10.4. The number of rotatable bonds is 4. The molecule has 0 spiro atoms. The van der Waals surface area contributed by atoms with E-state index in [4.69, 9.17) is 11.6 Å². The molecule has 0 bridgehead atoms. The Balaban J connectivity index is 1.66. The first-order valence-electron chi connectivity index (χ1n) is 5.99. The molecule has 0 aliphatic carbocycles. The van der Waals surface area contributed by atoms with Crippen LogP contribution in [0.5, 0.6) is 0 Å². The van der Waals surface area contributed by atoms with E-state index in [0.29, 0.717) is 23.8 Å². The molecule has 0 aliphatic rings. The van der Waals surface area contributed by atoms with Crippen molar-refractivity contribution in [3.8, 4) is 0 Å². The van der Waals surface area contributed by atoms with Crippen LogP contribution in [0.4, 0.5) is 0 Å². The second-order valence-corrected chi connectivity index (χ2v) is 4.64. The number of H-pyrrole nitrogens is 1. The van der Waals surface area contributed by atoms with Crippen LogP contribution in [0, 0.1) is 0 Å². The van der Waals surface area contributed by atoms with Gasteiger partial charge in [-0.05, 0) is 29.5 Å². The Kier molecular flexibility index (Phi) is 3.34. The predicted molar refractivity (Wildman–Crippen MR) is 73.5 cm³/mol. The molecule has 1 aromatic carbocycles. The first-order chi connectivity index (χ1) is 9.72. The minimum atomic E-state index is -0.183. The van der Waals surface area contributed by atoms with Gasteiger partial charge in [0.1, 0.15) is 5.69 Å². The standard InChI is InChI=1S/C12H11ClN6O/c13-9-1-2-10-8(5-9)6-11(17-10)12(20)14-3-4-19-16-7-15-18-19/h1-2,5-7,17H,3-4H2,(H,14,20). The van der Waals surface area contributed by atoms with Gasteiger partial charge in [0.2, 0.25) is 0 Å². The summed E-state index contributed by atoms with van der Waals surface area (Å²) in [6, 6.07) is 7.19. The molecule has 0 saturated heterocycles. The number of amides is 1. The molecular formula is C12H11ClN6O. The first kappa shape index (κ1) is 12.6. The SMILES string of the molecule is O=C(NCCn1ncnn1)c1cc2cc(Cl)ccc2[nH]1. The van der Waals surface area contributed by atoms with E-state index in [9.17, 15) is 4.79 Å². The van der Waals surface area contributed by atoms with Crippen LogP contribution in [0.2, 0.25) is 5.02 Å². The van der Waals surface area contributed by atoms with E-state index in [2.05, 4.69) is 25.7 Å². The number of carbonyl (C=O) groups is 1. The minimum absolute atomic E-state index is 0.183. The third-order valence-corrected chi connectivity index (χ3v) is 3.05. The van der Waals surface area contributed by atoms with Crippen LogP contribution in [0.15, 0.2) is 30.6 Å². The van der Waals surface area contributed by atoms with Crippen LogP contribution in [0.25, 0.3) is 10.9 Å². The monoisotopic (exact) mass is 290 g/mol. The van der Waals surface area contributed by atoms with Gasteiger partial charge in [-0.2, -0.15) is 4.80 Å². The van der Waals surface area contributed by atoms with Gasteiger partial charge in [-0.15, -0.1) is 10.2 Å². The predicted octanol–water partition coefficient (Wildman–Crippen LogP) is 1.24. The average Bonchev–Trinajstić information content (AvgIpc) is 3.06. The topological polar surface area (TPSA) is 88.5 Å². The van der Waals surface area contributed by atoms with Crippen molar-refractivity contribution in [1.82, 2.24) is 30.5 Å². The molecular weight excluding hydrogens is 280 g/mol. The van der Waals surface area contributed by atoms with E-state index in [0.717, 1.165) is 10.9 Å². The zero-order chi connectivity index (χ0) is 13.9. The second-order valence-electron chi connectivity index (χ2n) is 4.20. The molecule has 102 valence electrons. The van der Waals surface area contributed by atoms with Gasteiger partial charge in [0.05, 0.1) is 6.54 Å². The number of tetrazole rings is 1. The van der Waals surface area contributed by atoms with Gasteiger partial charge in [0.25, 0.3) is 5.91 Å². The number of nitrogens with zero attached hydrogens (tertiary/aromatic N) is 4. The molecule has 0 unspecified atom stereocenters. The molecule has 20 heavy (non-hydrogen) atoms. The van der Waals surface area contributed by atoms with Crippen molar-refractivity contribution >= 4 is 28.4 Å². The number of aromatic amines is 1. The summed E-state index contributed by atoms with van der Waals surface area (Å²) in [7, 11) is 0. The summed E-state index contributed by atoms with van der Waals surface area (Å²) < 4.78 is 0. The van der Waals surface area contributed by atoms with Gasteiger partial charge in [-0.25, -0.2) is 0 Å². The first-order valence-corrected chi connectivity index (χ1v) is 6.37. The maximum Gasteiger partial charge on any atom is 0.267 e. The van der Waals surface area contributed by atoms with Gasteiger partial charge in [-0.1, -0.05) is 11.6 Å². The Bertz CT molecular complexity index is 736. The summed E-state index contributed by atoms with van der Waals surface area (Å²) in [5.74, 6) is -0.183. The summed E-state index contributed by atoms with van der Waals surface area (Å²) in [5, 5.41) is 15.5. The van der Waals surface area contributed by atoms with Gasteiger partial charge in [-0.3, -0.25) is 4.79 Å². The molecule has 1 amide bonds. The van der Waals surface area contributed by atoms with Gasteiger partial charge in [0.15, 0.2) is 6.33 Å². The number of benzene rings is 1. The molecule has 7 nitrogen and oxygen atoms in total. The molecule has 0 atom stereocenters. The zero-order valence-corrected chi connectivity index (χ0v) is 11.1. The molecule has 3 aromatic rings. The highest BCUT2D eigenvalue weighted by Crippen LogP contribution is 2.19. The number of fused-ring (bicyclic) bond motifs is 1. The lowest BCUT2D eigenvalue weighted by molar-refractivity contribution is 0.0947. The minimum Gasteiger partial charge on any atom is -0.351 e. The van der Waals surface area contributed by atoms with Gasteiger partial charge < -0.3 is 10.3 Å². The molecule has 3 rings (SSSR count). The lowest BCUT2D eigenvalue weighted by Gasteiger charge is -2.02.